The molecule has 0 aliphatic heterocycles. The van der Waals surface area contributed by atoms with Crippen LogP contribution in [0.15, 0.2) is 42.6 Å². The van der Waals surface area contributed by atoms with Crippen molar-refractivity contribution in [2.24, 2.45) is 0 Å². The number of carbonyl (C=O) groups is 1. The fourth-order valence-electron chi connectivity index (χ4n) is 1.77. The van der Waals surface area contributed by atoms with Gasteiger partial charge in [0.05, 0.1) is 10.6 Å². The number of hydrogen-bond acceptors (Lipinski definition) is 3. The van der Waals surface area contributed by atoms with Gasteiger partial charge in [-0.05, 0) is 24.3 Å². The first-order valence-corrected chi connectivity index (χ1v) is 5.87. The van der Waals surface area contributed by atoms with Gasteiger partial charge < -0.3 is 5.11 Å². The number of hydrogen-bond donors (Lipinski definition) is 1. The van der Waals surface area contributed by atoms with Crippen LogP contribution in [0.25, 0.3) is 17.0 Å². The van der Waals surface area contributed by atoms with E-state index in [4.69, 9.17) is 16.7 Å². The summed E-state index contributed by atoms with van der Waals surface area (Å²) in [5.41, 5.74) is 1.51. The number of benzene rings is 1. The molecule has 1 N–H and O–H groups in total. The van der Waals surface area contributed by atoms with Crippen LogP contribution in [-0.4, -0.2) is 25.7 Å². The van der Waals surface area contributed by atoms with Gasteiger partial charge >= 0.3 is 5.97 Å². The molecule has 0 spiro atoms. The van der Waals surface area contributed by atoms with Crippen molar-refractivity contribution < 1.29 is 9.90 Å². The SMILES string of the molecule is O=C(O)c1cccc(-c2nc3ccc(Cl)cn3n2)c1. The zero-order valence-corrected chi connectivity index (χ0v) is 10.4. The smallest absolute Gasteiger partial charge is 0.335 e. The van der Waals surface area contributed by atoms with Crippen LogP contribution in [0.4, 0.5) is 0 Å². The maximum Gasteiger partial charge on any atom is 0.335 e. The molecule has 0 radical (unpaired) electrons. The summed E-state index contributed by atoms with van der Waals surface area (Å²) in [7, 11) is 0. The van der Waals surface area contributed by atoms with Crippen LogP contribution in [0.3, 0.4) is 0 Å². The number of carboxylic acids is 1. The van der Waals surface area contributed by atoms with E-state index in [-0.39, 0.29) is 5.56 Å². The predicted octanol–water partition coefficient (Wildman–Crippen LogP) is 2.75. The Morgan fingerprint density at radius 2 is 2.11 bits per heavy atom. The van der Waals surface area contributed by atoms with Crippen molar-refractivity contribution >= 4 is 23.2 Å². The summed E-state index contributed by atoms with van der Waals surface area (Å²) in [6, 6.07) is 9.97. The number of nitrogens with zero attached hydrogens (tertiary/aromatic N) is 3. The van der Waals surface area contributed by atoms with Crippen LogP contribution in [0.1, 0.15) is 10.4 Å². The highest BCUT2D eigenvalue weighted by Crippen LogP contribution is 2.19. The van der Waals surface area contributed by atoms with E-state index in [1.807, 2.05) is 0 Å². The lowest BCUT2D eigenvalue weighted by atomic mass is 10.1. The Labute approximate surface area is 113 Å². The van der Waals surface area contributed by atoms with Gasteiger partial charge in [0.2, 0.25) is 0 Å². The molecule has 0 bridgehead atoms. The molecule has 0 amide bonds. The number of carboxylic acid groups (broad SMARTS) is 1. The van der Waals surface area contributed by atoms with E-state index in [1.165, 1.54) is 6.07 Å². The zero-order chi connectivity index (χ0) is 13.4. The van der Waals surface area contributed by atoms with Crippen molar-refractivity contribution in [2.75, 3.05) is 0 Å². The lowest BCUT2D eigenvalue weighted by Crippen LogP contribution is -1.96. The number of fused-ring (bicyclic) bond motifs is 1. The minimum absolute atomic E-state index is 0.203. The highest BCUT2D eigenvalue weighted by molar-refractivity contribution is 6.30. The normalized spacial score (nSPS) is 10.8. The van der Waals surface area contributed by atoms with Gasteiger partial charge in [-0.2, -0.15) is 0 Å². The Kier molecular flexibility index (Phi) is 2.68. The molecule has 19 heavy (non-hydrogen) atoms. The van der Waals surface area contributed by atoms with Gasteiger partial charge in [0.15, 0.2) is 11.5 Å². The Bertz CT molecular complexity index is 782. The van der Waals surface area contributed by atoms with Crippen molar-refractivity contribution in [3.05, 3.63) is 53.2 Å². The minimum atomic E-state index is -0.978. The highest BCUT2D eigenvalue weighted by atomic mass is 35.5. The molecule has 1 aromatic carbocycles. The van der Waals surface area contributed by atoms with E-state index in [2.05, 4.69) is 10.1 Å². The Morgan fingerprint density at radius 3 is 2.89 bits per heavy atom. The number of aromatic carboxylic acids is 1. The van der Waals surface area contributed by atoms with Gasteiger partial charge in [0, 0.05) is 11.8 Å². The first kappa shape index (κ1) is 11.7. The van der Waals surface area contributed by atoms with E-state index < -0.39 is 5.97 Å². The lowest BCUT2D eigenvalue weighted by Gasteiger charge is -1.97. The van der Waals surface area contributed by atoms with Crippen molar-refractivity contribution in [3.8, 4) is 11.4 Å². The Hall–Kier alpha value is -2.40. The van der Waals surface area contributed by atoms with Crippen LogP contribution in [-0.2, 0) is 0 Å². The molecule has 0 unspecified atom stereocenters. The van der Waals surface area contributed by atoms with E-state index in [0.29, 0.717) is 22.1 Å². The molecule has 0 fully saturated rings. The molecule has 2 heterocycles. The molecule has 3 rings (SSSR count). The van der Waals surface area contributed by atoms with E-state index in [0.717, 1.165) is 0 Å². The summed E-state index contributed by atoms with van der Waals surface area (Å²) in [6.45, 7) is 0. The summed E-state index contributed by atoms with van der Waals surface area (Å²) in [5.74, 6) is -0.515. The first-order chi connectivity index (χ1) is 9.13. The fraction of sp³-hybridized carbons (Fsp3) is 0. The molecular formula is C13H8ClN3O2. The van der Waals surface area contributed by atoms with E-state index in [9.17, 15) is 4.79 Å². The zero-order valence-electron chi connectivity index (χ0n) is 9.62. The molecule has 94 valence electrons. The van der Waals surface area contributed by atoms with Crippen LogP contribution >= 0.6 is 11.6 Å². The fourth-order valence-corrected chi connectivity index (χ4v) is 1.93. The Balaban J connectivity index is 2.13. The van der Waals surface area contributed by atoms with Crippen molar-refractivity contribution in [3.63, 3.8) is 0 Å². The standard InChI is InChI=1S/C13H8ClN3O2/c14-10-4-5-11-15-12(16-17(11)7-10)8-2-1-3-9(6-8)13(18)19/h1-7H,(H,18,19). The average Bonchev–Trinajstić information content (AvgIpc) is 2.81. The quantitative estimate of drug-likeness (QED) is 0.779. The van der Waals surface area contributed by atoms with E-state index >= 15 is 0 Å². The Morgan fingerprint density at radius 1 is 1.26 bits per heavy atom. The molecular weight excluding hydrogens is 266 g/mol. The summed E-state index contributed by atoms with van der Waals surface area (Å²) in [4.78, 5) is 15.3. The second-order valence-electron chi connectivity index (χ2n) is 3.97. The molecule has 0 saturated carbocycles. The first-order valence-electron chi connectivity index (χ1n) is 5.49. The van der Waals surface area contributed by atoms with Gasteiger partial charge in [-0.15, -0.1) is 5.10 Å². The molecule has 2 aromatic heterocycles. The second kappa shape index (κ2) is 4.37. The van der Waals surface area contributed by atoms with Gasteiger partial charge in [-0.3, -0.25) is 0 Å². The number of pyridine rings is 1. The molecule has 3 aromatic rings. The van der Waals surface area contributed by atoms with Crippen molar-refractivity contribution in [2.45, 2.75) is 0 Å². The summed E-state index contributed by atoms with van der Waals surface area (Å²) < 4.78 is 1.56. The van der Waals surface area contributed by atoms with E-state index in [1.54, 1.807) is 41.0 Å². The van der Waals surface area contributed by atoms with Gasteiger partial charge in [-0.25, -0.2) is 14.3 Å². The lowest BCUT2D eigenvalue weighted by molar-refractivity contribution is 0.0697. The molecule has 0 aliphatic carbocycles. The third-order valence-corrected chi connectivity index (χ3v) is 2.89. The third kappa shape index (κ3) is 2.15. The summed E-state index contributed by atoms with van der Waals surface area (Å²) >= 11 is 5.87. The monoisotopic (exact) mass is 273 g/mol. The number of rotatable bonds is 2. The van der Waals surface area contributed by atoms with Gasteiger partial charge in [-0.1, -0.05) is 23.7 Å². The second-order valence-corrected chi connectivity index (χ2v) is 4.41. The molecule has 6 heteroatoms. The molecule has 0 saturated heterocycles. The molecule has 5 nitrogen and oxygen atoms in total. The highest BCUT2D eigenvalue weighted by Gasteiger charge is 2.09. The summed E-state index contributed by atoms with van der Waals surface area (Å²) in [6.07, 6.45) is 1.65. The third-order valence-electron chi connectivity index (χ3n) is 2.66. The minimum Gasteiger partial charge on any atom is -0.478 e. The van der Waals surface area contributed by atoms with Crippen molar-refractivity contribution in [1.82, 2.24) is 14.6 Å². The largest absolute Gasteiger partial charge is 0.478 e. The maximum atomic E-state index is 10.9. The van der Waals surface area contributed by atoms with Crippen LogP contribution in [0.2, 0.25) is 5.02 Å². The van der Waals surface area contributed by atoms with Gasteiger partial charge in [0.25, 0.3) is 0 Å². The van der Waals surface area contributed by atoms with Crippen LogP contribution in [0, 0.1) is 0 Å². The predicted molar refractivity (Wildman–Crippen MR) is 70.4 cm³/mol. The summed E-state index contributed by atoms with van der Waals surface area (Å²) in [5, 5.41) is 13.8. The topological polar surface area (TPSA) is 67.5 Å². The maximum absolute atomic E-state index is 10.9. The number of halogens is 1. The number of aromatic nitrogens is 3. The average molecular weight is 274 g/mol. The van der Waals surface area contributed by atoms with Crippen LogP contribution in [0.5, 0.6) is 0 Å². The van der Waals surface area contributed by atoms with Crippen LogP contribution < -0.4 is 0 Å². The van der Waals surface area contributed by atoms with Crippen molar-refractivity contribution in [1.29, 1.82) is 0 Å². The molecule has 0 atom stereocenters. The molecule has 0 aliphatic rings. The van der Waals surface area contributed by atoms with Gasteiger partial charge in [0.1, 0.15) is 0 Å².